The van der Waals surface area contributed by atoms with Crippen molar-refractivity contribution in [1.82, 2.24) is 15.0 Å². The zero-order valence-corrected chi connectivity index (χ0v) is 19.5. The van der Waals surface area contributed by atoms with Gasteiger partial charge in [0.25, 0.3) is 11.5 Å². The average molecular weight is 511 g/mol. The van der Waals surface area contributed by atoms with Crippen LogP contribution in [-0.4, -0.2) is 38.6 Å². The van der Waals surface area contributed by atoms with Gasteiger partial charge in [0.2, 0.25) is 0 Å². The Morgan fingerprint density at radius 1 is 1.11 bits per heavy atom. The van der Waals surface area contributed by atoms with Crippen molar-refractivity contribution in [3.05, 3.63) is 93.5 Å². The molecule has 0 aliphatic heterocycles. The van der Waals surface area contributed by atoms with E-state index in [9.17, 15) is 23.9 Å². The van der Waals surface area contributed by atoms with Gasteiger partial charge in [0, 0.05) is 17.8 Å². The highest BCUT2D eigenvalue weighted by Gasteiger charge is 2.19. The molecule has 2 N–H and O–H groups in total. The van der Waals surface area contributed by atoms with Crippen LogP contribution in [0.2, 0.25) is 5.02 Å². The van der Waals surface area contributed by atoms with E-state index in [1.807, 2.05) is 0 Å². The molecule has 36 heavy (non-hydrogen) atoms. The third-order valence-corrected chi connectivity index (χ3v) is 5.70. The maximum atomic E-state index is 13.3. The standard InChI is InChI=1S/C25H20ClFN4O5/c26-20-13-15(5-10-21(20)27)23(32)28-17-6-8-18(9-7-17)36-14-16(25(34)35)11-12-31-24(33)19-3-1-2-4-22(19)29-30-31/h1-10,13,16H,11-12,14H2,(H,28,32)(H,34,35)/t16-/m0/s1. The Balaban J connectivity index is 1.34. The van der Waals surface area contributed by atoms with Gasteiger partial charge in [-0.25, -0.2) is 9.07 Å². The summed E-state index contributed by atoms with van der Waals surface area (Å²) in [6.07, 6.45) is 0.108. The van der Waals surface area contributed by atoms with Crippen molar-refractivity contribution < 1.29 is 23.8 Å². The Morgan fingerprint density at radius 2 is 1.86 bits per heavy atom. The number of halogens is 2. The molecule has 0 bridgehead atoms. The van der Waals surface area contributed by atoms with Gasteiger partial charge in [0.1, 0.15) is 23.7 Å². The number of carbonyl (C=O) groups is 2. The SMILES string of the molecule is O=C(Nc1ccc(OC[C@H](CCn2nnc3ccccc3c2=O)C(=O)O)cc1)c1ccc(F)c(Cl)c1. The van der Waals surface area contributed by atoms with Crippen LogP contribution in [0.1, 0.15) is 16.8 Å². The summed E-state index contributed by atoms with van der Waals surface area (Å²) in [6, 6.07) is 16.8. The third kappa shape index (κ3) is 5.84. The number of carbonyl (C=O) groups excluding carboxylic acids is 1. The fraction of sp³-hybridized carbons (Fsp3) is 0.160. The van der Waals surface area contributed by atoms with Gasteiger partial charge in [-0.15, -0.1) is 5.10 Å². The number of carboxylic acid groups (broad SMARTS) is 1. The Bertz CT molecular complexity index is 1480. The molecule has 1 aromatic heterocycles. The molecular weight excluding hydrogens is 491 g/mol. The number of nitrogens with one attached hydrogen (secondary N) is 1. The van der Waals surface area contributed by atoms with Crippen molar-refractivity contribution in [1.29, 1.82) is 0 Å². The molecule has 1 heterocycles. The zero-order valence-electron chi connectivity index (χ0n) is 18.7. The van der Waals surface area contributed by atoms with E-state index in [1.54, 1.807) is 48.5 Å². The van der Waals surface area contributed by atoms with Gasteiger partial charge in [-0.2, -0.15) is 0 Å². The van der Waals surface area contributed by atoms with Crippen LogP contribution >= 0.6 is 11.6 Å². The molecule has 9 nitrogen and oxygen atoms in total. The summed E-state index contributed by atoms with van der Waals surface area (Å²) in [5.41, 5.74) is 0.780. The van der Waals surface area contributed by atoms with Crippen LogP contribution in [0.5, 0.6) is 5.75 Å². The van der Waals surface area contributed by atoms with E-state index >= 15 is 0 Å². The van der Waals surface area contributed by atoms with Gasteiger partial charge in [0.05, 0.1) is 16.3 Å². The second-order valence-corrected chi connectivity index (χ2v) is 8.28. The minimum Gasteiger partial charge on any atom is -0.493 e. The highest BCUT2D eigenvalue weighted by molar-refractivity contribution is 6.31. The van der Waals surface area contributed by atoms with Gasteiger partial charge >= 0.3 is 5.97 Å². The number of nitrogens with zero attached hydrogens (tertiary/aromatic N) is 3. The van der Waals surface area contributed by atoms with Crippen LogP contribution in [-0.2, 0) is 11.3 Å². The molecule has 0 aliphatic rings. The number of fused-ring (bicyclic) bond motifs is 1. The lowest BCUT2D eigenvalue weighted by Gasteiger charge is -2.14. The van der Waals surface area contributed by atoms with Crippen LogP contribution in [0.4, 0.5) is 10.1 Å². The fourth-order valence-electron chi connectivity index (χ4n) is 3.40. The Kier molecular flexibility index (Phi) is 7.55. The van der Waals surface area contributed by atoms with E-state index in [0.29, 0.717) is 22.3 Å². The van der Waals surface area contributed by atoms with E-state index in [0.717, 1.165) is 10.7 Å². The van der Waals surface area contributed by atoms with E-state index in [4.69, 9.17) is 16.3 Å². The largest absolute Gasteiger partial charge is 0.493 e. The monoisotopic (exact) mass is 510 g/mol. The number of hydrogen-bond donors (Lipinski definition) is 2. The normalized spacial score (nSPS) is 11.7. The number of ether oxygens (including phenoxy) is 1. The molecule has 184 valence electrons. The molecule has 1 atom stereocenters. The number of amides is 1. The third-order valence-electron chi connectivity index (χ3n) is 5.41. The summed E-state index contributed by atoms with van der Waals surface area (Å²) in [6.45, 7) is -0.0692. The molecule has 0 fully saturated rings. The first-order valence-corrected chi connectivity index (χ1v) is 11.2. The first-order valence-electron chi connectivity index (χ1n) is 10.9. The smallest absolute Gasteiger partial charge is 0.310 e. The molecule has 1 amide bonds. The van der Waals surface area contributed by atoms with Crippen LogP contribution in [0.25, 0.3) is 10.9 Å². The molecule has 11 heteroatoms. The van der Waals surface area contributed by atoms with E-state index in [1.165, 1.54) is 12.1 Å². The number of anilines is 1. The molecular formula is C25H20ClFN4O5. The number of hydrogen-bond acceptors (Lipinski definition) is 6. The first-order chi connectivity index (χ1) is 17.3. The maximum Gasteiger partial charge on any atom is 0.310 e. The second-order valence-electron chi connectivity index (χ2n) is 7.88. The number of aromatic nitrogens is 3. The van der Waals surface area contributed by atoms with Gasteiger partial charge in [-0.1, -0.05) is 28.9 Å². The van der Waals surface area contributed by atoms with Crippen molar-refractivity contribution in [2.45, 2.75) is 13.0 Å². The molecule has 0 saturated heterocycles. The van der Waals surface area contributed by atoms with Gasteiger partial charge in [0.15, 0.2) is 0 Å². The van der Waals surface area contributed by atoms with E-state index < -0.39 is 23.6 Å². The minimum absolute atomic E-state index is 0.0648. The quantitative estimate of drug-likeness (QED) is 0.349. The van der Waals surface area contributed by atoms with Crippen molar-refractivity contribution in [3.63, 3.8) is 0 Å². The maximum absolute atomic E-state index is 13.3. The van der Waals surface area contributed by atoms with Crippen molar-refractivity contribution >= 4 is 40.1 Å². The predicted octanol–water partition coefficient (Wildman–Crippen LogP) is 4.01. The lowest BCUT2D eigenvalue weighted by Crippen LogP contribution is -2.28. The second kappa shape index (κ2) is 11.0. The molecule has 0 unspecified atom stereocenters. The molecule has 4 rings (SSSR count). The molecule has 0 radical (unpaired) electrons. The average Bonchev–Trinajstić information content (AvgIpc) is 2.87. The fourth-order valence-corrected chi connectivity index (χ4v) is 3.58. The molecule has 0 spiro atoms. The van der Waals surface area contributed by atoms with Crippen molar-refractivity contribution in [2.75, 3.05) is 11.9 Å². The molecule has 3 aromatic carbocycles. The number of benzene rings is 3. The minimum atomic E-state index is -1.07. The summed E-state index contributed by atoms with van der Waals surface area (Å²) in [7, 11) is 0. The first kappa shape index (κ1) is 24.8. The van der Waals surface area contributed by atoms with Crippen LogP contribution < -0.4 is 15.6 Å². The lowest BCUT2D eigenvalue weighted by molar-refractivity contribution is -0.143. The highest BCUT2D eigenvalue weighted by atomic mass is 35.5. The highest BCUT2D eigenvalue weighted by Crippen LogP contribution is 2.20. The van der Waals surface area contributed by atoms with Gasteiger partial charge in [-0.05, 0) is 61.0 Å². The number of aliphatic carboxylic acids is 1. The van der Waals surface area contributed by atoms with Crippen LogP contribution in [0, 0.1) is 11.7 Å². The van der Waals surface area contributed by atoms with Gasteiger partial charge < -0.3 is 15.2 Å². The van der Waals surface area contributed by atoms with Crippen molar-refractivity contribution in [2.24, 2.45) is 5.92 Å². The number of aryl methyl sites for hydroxylation is 1. The Hall–Kier alpha value is -4.31. The van der Waals surface area contributed by atoms with Crippen LogP contribution in [0.15, 0.2) is 71.5 Å². The zero-order chi connectivity index (χ0) is 25.7. The number of carboxylic acids is 1. The van der Waals surface area contributed by atoms with Gasteiger partial charge in [-0.3, -0.25) is 14.4 Å². The Labute approximate surface area is 209 Å². The van der Waals surface area contributed by atoms with E-state index in [-0.39, 0.29) is 35.7 Å². The molecule has 4 aromatic rings. The molecule has 0 aliphatic carbocycles. The lowest BCUT2D eigenvalue weighted by atomic mass is 10.1. The van der Waals surface area contributed by atoms with Crippen molar-refractivity contribution in [3.8, 4) is 5.75 Å². The van der Waals surface area contributed by atoms with E-state index in [2.05, 4.69) is 15.6 Å². The summed E-state index contributed by atoms with van der Waals surface area (Å²) >= 11 is 5.72. The molecule has 0 saturated carbocycles. The topological polar surface area (TPSA) is 123 Å². The predicted molar refractivity (Wildman–Crippen MR) is 131 cm³/mol. The summed E-state index contributed by atoms with van der Waals surface area (Å²) in [4.78, 5) is 36.6. The summed E-state index contributed by atoms with van der Waals surface area (Å²) in [5, 5.41) is 20.4. The number of rotatable bonds is 9. The van der Waals surface area contributed by atoms with Crippen LogP contribution in [0.3, 0.4) is 0 Å². The Morgan fingerprint density at radius 3 is 2.58 bits per heavy atom. The summed E-state index contributed by atoms with van der Waals surface area (Å²) < 4.78 is 20.0. The summed E-state index contributed by atoms with van der Waals surface area (Å²) in [5.74, 6) is -2.66.